The number of halogens is 2. The number of rotatable bonds is 1. The van der Waals surface area contributed by atoms with Crippen molar-refractivity contribution in [1.82, 2.24) is 10.2 Å². The molecule has 0 atom stereocenters. The van der Waals surface area contributed by atoms with Gasteiger partial charge in [0.15, 0.2) is 5.58 Å². The summed E-state index contributed by atoms with van der Waals surface area (Å²) in [4.78, 5) is 11.4. The summed E-state index contributed by atoms with van der Waals surface area (Å²) < 4.78 is 31.4. The van der Waals surface area contributed by atoms with Crippen LogP contribution < -0.4 is 5.56 Å². The summed E-state index contributed by atoms with van der Waals surface area (Å²) in [5, 5.41) is 6.30. The fourth-order valence-corrected chi connectivity index (χ4v) is 1.78. The molecular weight excluding hydrogens is 242 g/mol. The first-order chi connectivity index (χ1) is 8.65. The number of fused-ring (bicyclic) bond motifs is 1. The van der Waals surface area contributed by atoms with Crippen LogP contribution in [0.25, 0.3) is 22.2 Å². The number of aromatic amines is 1. The minimum atomic E-state index is -0.724. The zero-order valence-electron chi connectivity index (χ0n) is 8.91. The first-order valence-electron chi connectivity index (χ1n) is 5.07. The van der Waals surface area contributed by atoms with E-state index in [-0.39, 0.29) is 22.2 Å². The predicted octanol–water partition coefficient (Wildman–Crippen LogP) is 2.46. The summed E-state index contributed by atoms with van der Waals surface area (Å²) >= 11 is 0. The lowest BCUT2D eigenvalue weighted by atomic mass is 10.1. The van der Waals surface area contributed by atoms with Gasteiger partial charge in [-0.2, -0.15) is 5.10 Å². The second kappa shape index (κ2) is 3.76. The van der Waals surface area contributed by atoms with E-state index in [1.54, 1.807) is 0 Å². The van der Waals surface area contributed by atoms with E-state index in [1.807, 2.05) is 0 Å². The number of furan rings is 1. The van der Waals surface area contributed by atoms with Gasteiger partial charge in [0.05, 0.1) is 11.6 Å². The largest absolute Gasteiger partial charge is 0.462 e. The first kappa shape index (κ1) is 10.6. The van der Waals surface area contributed by atoms with Crippen molar-refractivity contribution in [2.24, 2.45) is 0 Å². The molecule has 3 rings (SSSR count). The molecule has 0 bridgehead atoms. The van der Waals surface area contributed by atoms with Gasteiger partial charge in [-0.3, -0.25) is 4.79 Å². The lowest BCUT2D eigenvalue weighted by Crippen LogP contribution is -2.08. The van der Waals surface area contributed by atoms with Gasteiger partial charge in [0.25, 0.3) is 5.56 Å². The monoisotopic (exact) mass is 248 g/mol. The molecule has 4 nitrogen and oxygen atoms in total. The molecule has 0 aliphatic rings. The molecule has 0 amide bonds. The van der Waals surface area contributed by atoms with Gasteiger partial charge < -0.3 is 4.42 Å². The maximum Gasteiger partial charge on any atom is 0.275 e. The van der Waals surface area contributed by atoms with Crippen LogP contribution in [0.1, 0.15) is 0 Å². The molecule has 1 N–H and O–H groups in total. The number of nitrogens with one attached hydrogen (secondary N) is 1. The Morgan fingerprint density at radius 2 is 1.89 bits per heavy atom. The van der Waals surface area contributed by atoms with E-state index in [4.69, 9.17) is 4.42 Å². The van der Waals surface area contributed by atoms with Crippen LogP contribution in [0.15, 0.2) is 39.7 Å². The number of nitrogens with zero attached hydrogens (tertiary/aromatic N) is 1. The molecule has 0 radical (unpaired) electrons. The van der Waals surface area contributed by atoms with Crippen LogP contribution in [-0.2, 0) is 0 Å². The molecule has 0 spiro atoms. The Morgan fingerprint density at radius 1 is 1.17 bits per heavy atom. The summed E-state index contributed by atoms with van der Waals surface area (Å²) in [6.45, 7) is 0. The van der Waals surface area contributed by atoms with Gasteiger partial charge in [-0.15, -0.1) is 0 Å². The fraction of sp³-hybridized carbons (Fsp3) is 0. The quantitative estimate of drug-likeness (QED) is 0.719. The molecule has 18 heavy (non-hydrogen) atoms. The molecule has 90 valence electrons. The van der Waals surface area contributed by atoms with Gasteiger partial charge >= 0.3 is 0 Å². The second-order valence-electron chi connectivity index (χ2n) is 3.72. The van der Waals surface area contributed by atoms with E-state index in [2.05, 4.69) is 10.2 Å². The standard InChI is InChI=1S/C12H6F2N2O2/c13-7-3-6(4-8(14)5-7)10-11-9(1-2-18-11)12(17)16-15-10/h1-5H,(H,16,17). The van der Waals surface area contributed by atoms with E-state index in [0.29, 0.717) is 0 Å². The lowest BCUT2D eigenvalue weighted by Gasteiger charge is -2.01. The van der Waals surface area contributed by atoms with E-state index >= 15 is 0 Å². The van der Waals surface area contributed by atoms with Crippen molar-refractivity contribution in [3.8, 4) is 11.3 Å². The van der Waals surface area contributed by atoms with Crippen LogP contribution in [0.4, 0.5) is 8.78 Å². The SMILES string of the molecule is O=c1[nH]nc(-c2cc(F)cc(F)c2)c2occc12. The third kappa shape index (κ3) is 1.58. The number of benzene rings is 1. The Labute approximate surface area is 98.9 Å². The summed E-state index contributed by atoms with van der Waals surface area (Å²) in [6.07, 6.45) is 1.32. The number of aromatic nitrogens is 2. The molecular formula is C12H6F2N2O2. The molecule has 0 saturated heterocycles. The van der Waals surface area contributed by atoms with Crippen molar-refractivity contribution >= 4 is 11.0 Å². The Hall–Kier alpha value is -2.50. The van der Waals surface area contributed by atoms with Crippen molar-refractivity contribution < 1.29 is 13.2 Å². The van der Waals surface area contributed by atoms with E-state index in [0.717, 1.165) is 18.2 Å². The van der Waals surface area contributed by atoms with Crippen LogP contribution in [0.3, 0.4) is 0 Å². The van der Waals surface area contributed by atoms with Crippen molar-refractivity contribution in [3.63, 3.8) is 0 Å². The van der Waals surface area contributed by atoms with Crippen LogP contribution in [0, 0.1) is 11.6 Å². The Bertz CT molecular complexity index is 772. The summed E-state index contributed by atoms with van der Waals surface area (Å²) in [5.74, 6) is -1.45. The van der Waals surface area contributed by atoms with Crippen molar-refractivity contribution in [1.29, 1.82) is 0 Å². The Morgan fingerprint density at radius 3 is 2.61 bits per heavy atom. The molecule has 0 saturated carbocycles. The fourth-order valence-electron chi connectivity index (χ4n) is 1.78. The third-order valence-electron chi connectivity index (χ3n) is 2.53. The zero-order valence-corrected chi connectivity index (χ0v) is 8.91. The van der Waals surface area contributed by atoms with Crippen molar-refractivity contribution in [2.45, 2.75) is 0 Å². The molecule has 6 heteroatoms. The highest BCUT2D eigenvalue weighted by atomic mass is 19.1. The van der Waals surface area contributed by atoms with Crippen LogP contribution in [0.2, 0.25) is 0 Å². The van der Waals surface area contributed by atoms with Crippen molar-refractivity contribution in [3.05, 3.63) is 52.5 Å². The molecule has 0 aliphatic carbocycles. The number of hydrogen-bond acceptors (Lipinski definition) is 3. The minimum absolute atomic E-state index is 0.188. The highest BCUT2D eigenvalue weighted by Gasteiger charge is 2.13. The maximum absolute atomic E-state index is 13.1. The van der Waals surface area contributed by atoms with Gasteiger partial charge in [-0.1, -0.05) is 0 Å². The molecule has 3 aromatic rings. The average Bonchev–Trinajstić information content (AvgIpc) is 2.77. The minimum Gasteiger partial charge on any atom is -0.462 e. The lowest BCUT2D eigenvalue weighted by molar-refractivity contribution is 0.583. The van der Waals surface area contributed by atoms with Crippen LogP contribution in [-0.4, -0.2) is 10.2 Å². The topological polar surface area (TPSA) is 58.9 Å². The molecule has 1 aromatic carbocycles. The zero-order chi connectivity index (χ0) is 12.7. The Kier molecular flexibility index (Phi) is 2.22. The van der Waals surface area contributed by atoms with E-state index in [1.165, 1.54) is 12.3 Å². The molecule has 2 heterocycles. The average molecular weight is 248 g/mol. The van der Waals surface area contributed by atoms with Gasteiger partial charge in [0.2, 0.25) is 0 Å². The van der Waals surface area contributed by atoms with Gasteiger partial charge in [0.1, 0.15) is 17.3 Å². The van der Waals surface area contributed by atoms with E-state index < -0.39 is 17.2 Å². The predicted molar refractivity (Wildman–Crippen MR) is 60.0 cm³/mol. The summed E-state index contributed by atoms with van der Waals surface area (Å²) in [7, 11) is 0. The molecule has 0 fully saturated rings. The smallest absolute Gasteiger partial charge is 0.275 e. The number of hydrogen-bond donors (Lipinski definition) is 1. The second-order valence-corrected chi connectivity index (χ2v) is 3.72. The molecule has 0 aliphatic heterocycles. The van der Waals surface area contributed by atoms with E-state index in [9.17, 15) is 13.6 Å². The maximum atomic E-state index is 13.1. The van der Waals surface area contributed by atoms with Crippen LogP contribution >= 0.6 is 0 Å². The Balaban J connectivity index is 2.35. The highest BCUT2D eigenvalue weighted by molar-refractivity contribution is 5.88. The van der Waals surface area contributed by atoms with Crippen molar-refractivity contribution in [2.75, 3.05) is 0 Å². The summed E-state index contributed by atoms with van der Waals surface area (Å²) in [5.41, 5.74) is 0.167. The normalized spacial score (nSPS) is 11.0. The summed E-state index contributed by atoms with van der Waals surface area (Å²) in [6, 6.07) is 4.46. The van der Waals surface area contributed by atoms with Gasteiger partial charge in [0, 0.05) is 11.6 Å². The first-order valence-corrected chi connectivity index (χ1v) is 5.07. The van der Waals surface area contributed by atoms with Gasteiger partial charge in [-0.05, 0) is 18.2 Å². The highest BCUT2D eigenvalue weighted by Crippen LogP contribution is 2.25. The third-order valence-corrected chi connectivity index (χ3v) is 2.53. The molecule has 0 unspecified atom stereocenters. The number of H-pyrrole nitrogens is 1. The van der Waals surface area contributed by atoms with Crippen LogP contribution in [0.5, 0.6) is 0 Å². The van der Waals surface area contributed by atoms with Gasteiger partial charge in [-0.25, -0.2) is 13.9 Å². The molecule has 2 aromatic heterocycles.